The Kier molecular flexibility index (Phi) is 9.12. The number of hydrogen-bond acceptors (Lipinski definition) is 4. The normalized spacial score (nSPS) is 20.3. The van der Waals surface area contributed by atoms with Gasteiger partial charge < -0.3 is 4.90 Å². The lowest BCUT2D eigenvalue weighted by atomic mass is 9.98. The predicted molar refractivity (Wildman–Crippen MR) is 141 cm³/mol. The van der Waals surface area contributed by atoms with E-state index in [9.17, 15) is 13.2 Å². The molecule has 2 aliphatic heterocycles. The molecule has 0 bridgehead atoms. The van der Waals surface area contributed by atoms with Gasteiger partial charge in [-0.05, 0) is 36.8 Å². The number of sulfonamides is 1. The van der Waals surface area contributed by atoms with E-state index in [0.717, 1.165) is 44.5 Å². The highest BCUT2D eigenvalue weighted by Crippen LogP contribution is 2.23. The summed E-state index contributed by atoms with van der Waals surface area (Å²) in [6.07, 6.45) is 7.18. The van der Waals surface area contributed by atoms with Gasteiger partial charge in [0.05, 0.1) is 11.7 Å². The molecule has 2 aromatic carbocycles. The number of rotatable bonds is 9. The van der Waals surface area contributed by atoms with Crippen LogP contribution in [-0.4, -0.2) is 80.0 Å². The van der Waals surface area contributed by atoms with Gasteiger partial charge in [0.1, 0.15) is 0 Å². The van der Waals surface area contributed by atoms with E-state index in [1.54, 1.807) is 4.31 Å². The van der Waals surface area contributed by atoms with Gasteiger partial charge in [0.15, 0.2) is 0 Å². The zero-order valence-electron chi connectivity index (χ0n) is 20.5. The summed E-state index contributed by atoms with van der Waals surface area (Å²) in [5, 5.41) is 0. The summed E-state index contributed by atoms with van der Waals surface area (Å²) in [6, 6.07) is 20.2. The van der Waals surface area contributed by atoms with Crippen LogP contribution in [0.25, 0.3) is 6.08 Å². The molecule has 0 N–H and O–H groups in total. The molecule has 2 heterocycles. The molecule has 0 unspecified atom stereocenters. The van der Waals surface area contributed by atoms with E-state index >= 15 is 0 Å². The van der Waals surface area contributed by atoms with E-state index in [4.69, 9.17) is 0 Å². The molecule has 1 amide bonds. The van der Waals surface area contributed by atoms with Crippen molar-refractivity contribution >= 4 is 22.0 Å². The summed E-state index contributed by atoms with van der Waals surface area (Å²) >= 11 is 0. The van der Waals surface area contributed by atoms with Gasteiger partial charge in [-0.1, -0.05) is 72.8 Å². The van der Waals surface area contributed by atoms with E-state index < -0.39 is 10.0 Å². The fraction of sp³-hybridized carbons (Fsp3) is 0.464. The first kappa shape index (κ1) is 25.6. The molecule has 0 aromatic heterocycles. The van der Waals surface area contributed by atoms with E-state index in [1.807, 2.05) is 53.4 Å². The largest absolute Gasteiger partial charge is 0.340 e. The van der Waals surface area contributed by atoms with Gasteiger partial charge in [-0.2, -0.15) is 0 Å². The number of piperazine rings is 1. The molecule has 2 aromatic rings. The lowest BCUT2D eigenvalue weighted by molar-refractivity contribution is -0.138. The maximum Gasteiger partial charge on any atom is 0.227 e. The second kappa shape index (κ2) is 12.5. The molecule has 0 radical (unpaired) electrons. The third-order valence-electron chi connectivity index (χ3n) is 6.99. The Morgan fingerprint density at radius 3 is 2.31 bits per heavy atom. The van der Waals surface area contributed by atoms with Crippen LogP contribution in [0.2, 0.25) is 0 Å². The maximum atomic E-state index is 13.2. The highest BCUT2D eigenvalue weighted by Gasteiger charge is 2.34. The topological polar surface area (TPSA) is 60.9 Å². The minimum atomic E-state index is -3.35. The molecule has 0 spiro atoms. The molecule has 35 heavy (non-hydrogen) atoms. The second-order valence-electron chi connectivity index (χ2n) is 9.54. The minimum Gasteiger partial charge on any atom is -0.340 e. The summed E-state index contributed by atoms with van der Waals surface area (Å²) in [5.74, 6) is 0.0312. The van der Waals surface area contributed by atoms with Crippen LogP contribution in [0, 0.1) is 5.92 Å². The molecule has 2 fully saturated rings. The Morgan fingerprint density at radius 2 is 1.60 bits per heavy atom. The fourth-order valence-corrected chi connectivity index (χ4v) is 6.52. The van der Waals surface area contributed by atoms with Crippen molar-refractivity contribution in [1.29, 1.82) is 0 Å². The number of nitrogens with zero attached hydrogens (tertiary/aromatic N) is 3. The van der Waals surface area contributed by atoms with Crippen LogP contribution in [0.4, 0.5) is 0 Å². The number of carbonyl (C=O) groups is 1. The fourth-order valence-electron chi connectivity index (χ4n) is 4.94. The van der Waals surface area contributed by atoms with Crippen molar-refractivity contribution in [3.63, 3.8) is 0 Å². The van der Waals surface area contributed by atoms with Crippen LogP contribution in [-0.2, 0) is 21.2 Å². The van der Waals surface area contributed by atoms with Gasteiger partial charge in [-0.15, -0.1) is 0 Å². The van der Waals surface area contributed by atoms with Crippen LogP contribution in [0.3, 0.4) is 0 Å². The van der Waals surface area contributed by atoms with Gasteiger partial charge in [0.25, 0.3) is 0 Å². The Labute approximate surface area is 210 Å². The van der Waals surface area contributed by atoms with Crippen molar-refractivity contribution in [1.82, 2.24) is 14.1 Å². The van der Waals surface area contributed by atoms with Crippen LogP contribution in [0.1, 0.15) is 30.4 Å². The summed E-state index contributed by atoms with van der Waals surface area (Å²) in [5.41, 5.74) is 2.35. The molecule has 6 nitrogen and oxygen atoms in total. The van der Waals surface area contributed by atoms with Crippen molar-refractivity contribution in [3.05, 3.63) is 77.9 Å². The van der Waals surface area contributed by atoms with E-state index in [0.29, 0.717) is 32.6 Å². The maximum absolute atomic E-state index is 13.2. The molecule has 2 saturated heterocycles. The van der Waals surface area contributed by atoms with E-state index in [2.05, 4.69) is 29.2 Å². The van der Waals surface area contributed by atoms with Gasteiger partial charge in [-0.3, -0.25) is 9.69 Å². The van der Waals surface area contributed by atoms with Crippen molar-refractivity contribution in [2.75, 3.05) is 51.6 Å². The Morgan fingerprint density at radius 1 is 0.914 bits per heavy atom. The smallest absolute Gasteiger partial charge is 0.227 e. The first-order chi connectivity index (χ1) is 17.0. The van der Waals surface area contributed by atoms with Crippen molar-refractivity contribution in [3.8, 4) is 0 Å². The molecule has 7 heteroatoms. The second-order valence-corrected chi connectivity index (χ2v) is 11.6. The predicted octanol–water partition coefficient (Wildman–Crippen LogP) is 3.52. The van der Waals surface area contributed by atoms with Crippen molar-refractivity contribution in [2.24, 2.45) is 5.92 Å². The van der Waals surface area contributed by atoms with E-state index in [-0.39, 0.29) is 17.6 Å². The first-order valence-electron chi connectivity index (χ1n) is 12.8. The van der Waals surface area contributed by atoms with Crippen LogP contribution in [0.15, 0.2) is 66.7 Å². The van der Waals surface area contributed by atoms with Crippen LogP contribution < -0.4 is 0 Å². The van der Waals surface area contributed by atoms with Crippen LogP contribution in [0.5, 0.6) is 0 Å². The number of hydrogen-bond donors (Lipinski definition) is 0. The molecule has 4 rings (SSSR count). The molecule has 0 aliphatic carbocycles. The molecule has 0 saturated carbocycles. The summed E-state index contributed by atoms with van der Waals surface area (Å²) in [6.45, 7) is 4.83. The lowest BCUT2D eigenvalue weighted by Gasteiger charge is -2.38. The molecule has 188 valence electrons. The SMILES string of the molecule is O=C([C@H]1CCCN(S(=O)(=O)CCCc2ccccc2)C1)N1CCN(C/C=C/c2ccccc2)CC1. The number of aryl methyl sites for hydroxylation is 1. The van der Waals surface area contributed by atoms with Crippen molar-refractivity contribution < 1.29 is 13.2 Å². The Balaban J connectivity index is 1.22. The third kappa shape index (κ3) is 7.50. The molecule has 1 atom stereocenters. The lowest BCUT2D eigenvalue weighted by Crippen LogP contribution is -2.53. The van der Waals surface area contributed by atoms with Gasteiger partial charge in [-0.25, -0.2) is 12.7 Å². The number of piperidine rings is 1. The highest BCUT2D eigenvalue weighted by molar-refractivity contribution is 7.89. The van der Waals surface area contributed by atoms with Gasteiger partial charge in [0, 0.05) is 45.8 Å². The number of carbonyl (C=O) groups excluding carboxylic acids is 1. The zero-order valence-corrected chi connectivity index (χ0v) is 21.3. The highest BCUT2D eigenvalue weighted by atomic mass is 32.2. The first-order valence-corrected chi connectivity index (χ1v) is 14.4. The number of benzene rings is 2. The summed E-state index contributed by atoms with van der Waals surface area (Å²) in [4.78, 5) is 17.5. The van der Waals surface area contributed by atoms with Crippen LogP contribution >= 0.6 is 0 Å². The average molecular weight is 496 g/mol. The van der Waals surface area contributed by atoms with E-state index in [1.165, 1.54) is 5.56 Å². The van der Waals surface area contributed by atoms with Gasteiger partial charge in [0.2, 0.25) is 15.9 Å². The standard InChI is InChI=1S/C28H37N3O3S/c32-28(30-21-19-29(20-22-30)17-7-14-25-10-3-1-4-11-25)27-16-8-18-31(24-27)35(33,34)23-9-15-26-12-5-2-6-13-26/h1-7,10-14,27H,8-9,15-24H2/b14-7+/t27-/m0/s1. The summed E-state index contributed by atoms with van der Waals surface area (Å²) < 4.78 is 27.5. The minimum absolute atomic E-state index is 0.119. The quantitative estimate of drug-likeness (QED) is 0.534. The molecular weight excluding hydrogens is 458 g/mol. The average Bonchev–Trinajstić information content (AvgIpc) is 2.90. The molecule has 2 aliphatic rings. The van der Waals surface area contributed by atoms with Gasteiger partial charge >= 0.3 is 0 Å². The Hall–Kier alpha value is -2.48. The monoisotopic (exact) mass is 495 g/mol. The van der Waals surface area contributed by atoms with Crippen molar-refractivity contribution in [2.45, 2.75) is 25.7 Å². The summed E-state index contributed by atoms with van der Waals surface area (Å²) in [7, 11) is -3.35. The third-order valence-corrected chi connectivity index (χ3v) is 8.92. The zero-order chi connectivity index (χ0) is 24.5. The Bertz CT molecular complexity index is 1070. The number of amides is 1. The molecular formula is C28H37N3O3S.